The van der Waals surface area contributed by atoms with Crippen molar-refractivity contribution in [3.8, 4) is 29.6 Å². The van der Waals surface area contributed by atoms with Gasteiger partial charge in [0.25, 0.3) is 0 Å². The molecule has 7 atom stereocenters. The molecule has 2 heterocycles. The number of Topliss-reactive ketones (excluding diaryl/α,β-unsaturated/α-hetero) is 1. The van der Waals surface area contributed by atoms with Gasteiger partial charge in [0.05, 0.1) is 54.1 Å². The van der Waals surface area contributed by atoms with E-state index in [4.69, 9.17) is 25.4 Å². The SMILES string of the molecule is C#CCC1(COC(O)NC2CC(O[C@H]3C[C@](O)(CC(C)=O)Cc4c(O)c5c(c(O)c43)C(=O)c3c(OC)cccc3C5=O)OC(C)C2O)N=N1. The Hall–Kier alpha value is -4.27. The fourth-order valence-electron chi connectivity index (χ4n) is 7.05. The van der Waals surface area contributed by atoms with E-state index < -0.39 is 82.5 Å². The van der Waals surface area contributed by atoms with Crippen molar-refractivity contribution in [1.82, 2.24) is 5.32 Å². The number of phenols is 2. The molecule has 0 saturated carbocycles. The van der Waals surface area contributed by atoms with Crippen LogP contribution >= 0.6 is 0 Å². The number of hydrogen-bond acceptors (Lipinski definition) is 15. The van der Waals surface area contributed by atoms with Gasteiger partial charge in [0, 0.05) is 48.4 Å². The zero-order valence-corrected chi connectivity index (χ0v) is 27.0. The maximum Gasteiger partial charge on any atom is 0.224 e. The standard InChI is InChI=1S/C34H37N3O12/c1-5-9-34(36-37-34)14-47-32(44)35-19-10-22(48-16(3)27(19)39)49-21-13-33(45,11-15(2)38)12-18-24(21)31(43)26-25(29(18)41)28(40)17-7-6-8-20(46-4)23(17)30(26)42/h1,6-8,16,19,21-22,27,32,35,39,41,43-45H,9-14H2,2-4H3/t16?,19?,21-,22?,27?,32?,33-/m0/s1. The third-order valence-corrected chi connectivity index (χ3v) is 9.35. The number of carbonyl (C=O) groups excluding carboxylic acids is 3. The molecule has 1 saturated heterocycles. The number of fused-ring (bicyclic) bond motifs is 3. The number of phenolic OH excluding ortho intramolecular Hbond substituents is 2. The maximum atomic E-state index is 13.9. The van der Waals surface area contributed by atoms with E-state index in [9.17, 15) is 39.9 Å². The van der Waals surface area contributed by atoms with Gasteiger partial charge in [-0.05, 0) is 19.9 Å². The van der Waals surface area contributed by atoms with Gasteiger partial charge in [0.15, 0.2) is 12.1 Å². The Morgan fingerprint density at radius 3 is 2.55 bits per heavy atom. The average Bonchev–Trinajstić information content (AvgIpc) is 3.81. The molecule has 2 aromatic rings. The third-order valence-electron chi connectivity index (χ3n) is 9.35. The number of aliphatic hydroxyl groups excluding tert-OH is 2. The van der Waals surface area contributed by atoms with E-state index in [1.807, 2.05) is 0 Å². The number of ketones is 3. The smallest absolute Gasteiger partial charge is 0.224 e. The number of nitrogens with zero attached hydrogens (tertiary/aromatic N) is 2. The number of ether oxygens (including phenoxy) is 4. The molecule has 4 aliphatic rings. The van der Waals surface area contributed by atoms with E-state index >= 15 is 0 Å². The summed E-state index contributed by atoms with van der Waals surface area (Å²) in [5.74, 6) is -0.585. The summed E-state index contributed by atoms with van der Waals surface area (Å²) in [5.41, 5.74) is -3.82. The zero-order valence-electron chi connectivity index (χ0n) is 27.0. The van der Waals surface area contributed by atoms with Crippen LogP contribution in [0.4, 0.5) is 0 Å². The van der Waals surface area contributed by atoms with Gasteiger partial charge in [0.2, 0.25) is 17.9 Å². The van der Waals surface area contributed by atoms with Crippen molar-refractivity contribution in [3.05, 3.63) is 51.6 Å². The highest BCUT2D eigenvalue weighted by molar-refractivity contribution is 6.31. The molecular weight excluding hydrogens is 642 g/mol. The average molecular weight is 680 g/mol. The number of aromatic hydroxyl groups is 2. The van der Waals surface area contributed by atoms with Crippen molar-refractivity contribution in [2.75, 3.05) is 13.7 Å². The van der Waals surface area contributed by atoms with Crippen LogP contribution < -0.4 is 10.1 Å². The summed E-state index contributed by atoms with van der Waals surface area (Å²) < 4.78 is 23.0. The molecule has 260 valence electrons. The van der Waals surface area contributed by atoms with E-state index in [1.54, 1.807) is 6.92 Å². The fraction of sp³-hybridized carbons (Fsp3) is 0.500. The number of aliphatic hydroxyl groups is 3. The molecule has 49 heavy (non-hydrogen) atoms. The minimum atomic E-state index is -1.78. The van der Waals surface area contributed by atoms with Crippen LogP contribution in [0.3, 0.4) is 0 Å². The van der Waals surface area contributed by atoms with Gasteiger partial charge in [-0.15, -0.1) is 12.3 Å². The molecule has 2 aliphatic carbocycles. The summed E-state index contributed by atoms with van der Waals surface area (Å²) in [5, 5.41) is 66.9. The summed E-state index contributed by atoms with van der Waals surface area (Å²) in [6.07, 6.45) is -1.45. The first-order chi connectivity index (χ1) is 23.2. The number of hydrogen-bond donors (Lipinski definition) is 6. The summed E-state index contributed by atoms with van der Waals surface area (Å²) in [6.45, 7) is 2.76. The number of nitrogens with one attached hydrogen (secondary N) is 1. The van der Waals surface area contributed by atoms with Gasteiger partial charge in [-0.25, -0.2) is 0 Å². The fourth-order valence-corrected chi connectivity index (χ4v) is 7.05. The Bertz CT molecular complexity index is 1780. The first-order valence-corrected chi connectivity index (χ1v) is 15.7. The normalized spacial score (nSPS) is 28.6. The first kappa shape index (κ1) is 34.6. The molecule has 0 aromatic heterocycles. The maximum absolute atomic E-state index is 13.9. The predicted octanol–water partition coefficient (Wildman–Crippen LogP) is 1.53. The van der Waals surface area contributed by atoms with Crippen molar-refractivity contribution in [2.24, 2.45) is 10.2 Å². The molecule has 15 nitrogen and oxygen atoms in total. The lowest BCUT2D eigenvalue weighted by Gasteiger charge is -2.43. The lowest BCUT2D eigenvalue weighted by molar-refractivity contribution is -0.256. The number of rotatable bonds is 11. The van der Waals surface area contributed by atoms with Crippen molar-refractivity contribution in [2.45, 2.75) is 94.3 Å². The third kappa shape index (κ3) is 6.32. The number of methoxy groups -OCH3 is 1. The molecule has 2 aliphatic heterocycles. The topological polar surface area (TPSA) is 226 Å². The minimum absolute atomic E-state index is 0.0332. The Morgan fingerprint density at radius 2 is 1.90 bits per heavy atom. The largest absolute Gasteiger partial charge is 0.507 e. The van der Waals surface area contributed by atoms with Crippen LogP contribution in [-0.2, 0) is 25.4 Å². The van der Waals surface area contributed by atoms with Crippen LogP contribution in [0.2, 0.25) is 0 Å². The number of terminal acetylenes is 1. The molecular formula is C34H37N3O12. The molecule has 0 amide bonds. The van der Waals surface area contributed by atoms with E-state index in [0.717, 1.165) is 0 Å². The zero-order chi connectivity index (χ0) is 35.4. The van der Waals surface area contributed by atoms with Crippen LogP contribution in [0.15, 0.2) is 28.4 Å². The van der Waals surface area contributed by atoms with Crippen LogP contribution in [0.25, 0.3) is 0 Å². The van der Waals surface area contributed by atoms with Gasteiger partial charge < -0.3 is 44.5 Å². The van der Waals surface area contributed by atoms with Crippen LogP contribution in [0, 0.1) is 12.3 Å². The van der Waals surface area contributed by atoms with E-state index in [0.29, 0.717) is 0 Å². The highest BCUT2D eigenvalue weighted by Crippen LogP contribution is 2.53. The quantitative estimate of drug-likeness (QED) is 0.0962. The van der Waals surface area contributed by atoms with Gasteiger partial charge in [0.1, 0.15) is 29.6 Å². The van der Waals surface area contributed by atoms with E-state index in [1.165, 1.54) is 32.2 Å². The highest BCUT2D eigenvalue weighted by atomic mass is 16.7. The van der Waals surface area contributed by atoms with Crippen LogP contribution in [-0.4, -0.2) is 98.8 Å². The van der Waals surface area contributed by atoms with Crippen molar-refractivity contribution >= 4 is 17.3 Å². The van der Waals surface area contributed by atoms with Gasteiger partial charge in [-0.3, -0.25) is 19.7 Å². The second kappa shape index (κ2) is 12.9. The molecule has 6 rings (SSSR count). The molecule has 0 bridgehead atoms. The lowest BCUT2D eigenvalue weighted by Crippen LogP contribution is -2.57. The minimum Gasteiger partial charge on any atom is -0.507 e. The van der Waals surface area contributed by atoms with E-state index in [2.05, 4.69) is 21.5 Å². The molecule has 0 radical (unpaired) electrons. The summed E-state index contributed by atoms with van der Waals surface area (Å²) >= 11 is 0. The Labute approximate surface area is 280 Å². The first-order valence-electron chi connectivity index (χ1n) is 15.7. The number of carbonyl (C=O) groups is 3. The molecule has 0 spiro atoms. The molecule has 6 N–H and O–H groups in total. The number of benzene rings is 2. The van der Waals surface area contributed by atoms with Crippen molar-refractivity contribution < 1.29 is 58.9 Å². The second-order valence-electron chi connectivity index (χ2n) is 13.0. The van der Waals surface area contributed by atoms with Crippen molar-refractivity contribution in [3.63, 3.8) is 0 Å². The Kier molecular flexibility index (Phi) is 9.09. The molecule has 2 aromatic carbocycles. The molecule has 1 fully saturated rings. The van der Waals surface area contributed by atoms with E-state index in [-0.39, 0.29) is 72.5 Å². The van der Waals surface area contributed by atoms with Crippen LogP contribution in [0.1, 0.15) is 88.6 Å². The predicted molar refractivity (Wildman–Crippen MR) is 167 cm³/mol. The highest BCUT2D eigenvalue weighted by Gasteiger charge is 2.48. The summed E-state index contributed by atoms with van der Waals surface area (Å²) in [7, 11) is 1.33. The lowest BCUT2D eigenvalue weighted by atomic mass is 9.71. The molecule has 15 heteroatoms. The Balaban J connectivity index is 1.33. The van der Waals surface area contributed by atoms with Gasteiger partial charge in [-0.1, -0.05) is 12.1 Å². The molecule has 5 unspecified atom stereocenters. The summed E-state index contributed by atoms with van der Waals surface area (Å²) in [4.78, 5) is 39.8. The summed E-state index contributed by atoms with van der Waals surface area (Å²) in [6, 6.07) is 3.56. The Morgan fingerprint density at radius 1 is 1.18 bits per heavy atom. The monoisotopic (exact) mass is 679 g/mol. The van der Waals surface area contributed by atoms with Gasteiger partial charge in [-0.2, -0.15) is 10.2 Å². The second-order valence-corrected chi connectivity index (χ2v) is 13.0. The van der Waals surface area contributed by atoms with Crippen molar-refractivity contribution in [1.29, 1.82) is 0 Å². The van der Waals surface area contributed by atoms with Gasteiger partial charge >= 0.3 is 0 Å². The van der Waals surface area contributed by atoms with Crippen LogP contribution in [0.5, 0.6) is 17.2 Å².